The molecular weight excluding hydrogens is 806 g/mol. The van der Waals surface area contributed by atoms with Crippen molar-refractivity contribution in [3.63, 3.8) is 0 Å². The molecule has 3 heterocycles. The van der Waals surface area contributed by atoms with Crippen LogP contribution >= 0.6 is 0 Å². The highest BCUT2D eigenvalue weighted by Crippen LogP contribution is 2.52. The fourth-order valence-electron chi connectivity index (χ4n) is 10.3. The van der Waals surface area contributed by atoms with E-state index in [9.17, 15) is 29.8 Å². The Morgan fingerprint density at radius 2 is 1.54 bits per heavy atom. The molecule has 63 heavy (non-hydrogen) atoms. The van der Waals surface area contributed by atoms with Crippen molar-refractivity contribution in [2.45, 2.75) is 71.3 Å². The number of hydrogen-bond acceptors (Lipinski definition) is 9. The van der Waals surface area contributed by atoms with E-state index < -0.39 is 46.4 Å². The second kappa shape index (κ2) is 18.0. The third kappa shape index (κ3) is 8.53. The summed E-state index contributed by atoms with van der Waals surface area (Å²) in [5, 5.41) is 44.0. The number of phenolic OH excluding ortho intramolecular Hbond substituents is 1. The number of benzene rings is 4. The van der Waals surface area contributed by atoms with Crippen molar-refractivity contribution in [1.82, 2.24) is 4.98 Å². The van der Waals surface area contributed by atoms with Gasteiger partial charge in [-0.15, -0.1) is 0 Å². The Kier molecular flexibility index (Phi) is 12.6. The van der Waals surface area contributed by atoms with Crippen LogP contribution in [0.15, 0.2) is 133 Å². The number of carbonyl (C=O) groups excluding carboxylic acids is 2. The van der Waals surface area contributed by atoms with E-state index in [2.05, 4.69) is 51.1 Å². The first-order valence-electron chi connectivity index (χ1n) is 21.7. The Bertz CT molecular complexity index is 2490. The summed E-state index contributed by atoms with van der Waals surface area (Å²) in [5.41, 5.74) is 6.37. The molecule has 4 N–H and O–H groups in total. The summed E-state index contributed by atoms with van der Waals surface area (Å²) in [6, 6.07) is 36.6. The molecule has 0 spiro atoms. The van der Waals surface area contributed by atoms with Crippen molar-refractivity contribution >= 4 is 67.5 Å². The molecule has 322 valence electrons. The molecule has 1 aliphatic carbocycles. The number of nitrogens with zero attached hydrogens (tertiary/aromatic N) is 2. The first-order valence-corrected chi connectivity index (χ1v) is 23.6. The number of aryl methyl sites for hydroxylation is 2. The van der Waals surface area contributed by atoms with Crippen molar-refractivity contribution in [2.24, 2.45) is 17.8 Å². The molecule has 1 aromatic heterocycles. The molecule has 2 amide bonds. The van der Waals surface area contributed by atoms with Gasteiger partial charge < -0.3 is 29.3 Å². The number of imide groups is 1. The van der Waals surface area contributed by atoms with Gasteiger partial charge in [-0.2, -0.15) is 0 Å². The molecule has 2 saturated heterocycles. The maximum Gasteiger partial charge on any atom is 0.488 e. The maximum atomic E-state index is 14.7. The number of fused-ring (bicyclic) bond motifs is 3. The van der Waals surface area contributed by atoms with Crippen molar-refractivity contribution in [3.05, 3.63) is 155 Å². The minimum Gasteiger partial charge on any atom is -0.507 e. The second-order valence-corrected chi connectivity index (χ2v) is 22.5. The summed E-state index contributed by atoms with van der Waals surface area (Å²) in [4.78, 5) is 35.3. The lowest BCUT2D eigenvalue weighted by Gasteiger charge is -2.46. The van der Waals surface area contributed by atoms with Crippen molar-refractivity contribution < 1.29 is 38.8 Å². The number of amides is 2. The molecule has 5 aromatic rings. The fourth-order valence-corrected chi connectivity index (χ4v) is 14.9. The summed E-state index contributed by atoms with van der Waals surface area (Å²) >= 11 is 0. The topological polar surface area (TPSA) is 150 Å². The minimum absolute atomic E-state index is 0.118. The Balaban J connectivity index is 1.23. The van der Waals surface area contributed by atoms with Crippen molar-refractivity contribution in [3.8, 4) is 5.75 Å². The average Bonchev–Trinajstić information content (AvgIpc) is 3.52. The molecule has 4 atom stereocenters. The van der Waals surface area contributed by atoms with E-state index >= 15 is 0 Å². The largest absolute Gasteiger partial charge is 0.507 e. The van der Waals surface area contributed by atoms with Gasteiger partial charge in [0.1, 0.15) is 5.75 Å². The third-order valence-electron chi connectivity index (χ3n) is 13.1. The molecule has 13 heteroatoms. The molecule has 4 aromatic carbocycles. The van der Waals surface area contributed by atoms with E-state index in [1.807, 2.05) is 80.6 Å². The van der Waals surface area contributed by atoms with Gasteiger partial charge in [0.05, 0.1) is 35.9 Å². The molecular formula is C50H54B2N2O8Si. The molecule has 0 bridgehead atoms. The number of hydrogen-bond donors (Lipinski definition) is 4. The Labute approximate surface area is 371 Å². The summed E-state index contributed by atoms with van der Waals surface area (Å²) in [5.74, 6) is -2.54. The number of allylic oxidation sites excluding steroid dienone is 1. The lowest BCUT2D eigenvalue weighted by Crippen LogP contribution is -2.66. The highest BCUT2D eigenvalue weighted by atomic mass is 28.4. The molecule has 8 rings (SSSR count). The summed E-state index contributed by atoms with van der Waals surface area (Å²) in [7, 11) is -6.06. The molecule has 0 saturated carbocycles. The van der Waals surface area contributed by atoms with Gasteiger partial charge in [0.2, 0.25) is 11.8 Å². The summed E-state index contributed by atoms with van der Waals surface area (Å²) in [6.07, 6.45) is 4.50. The van der Waals surface area contributed by atoms with Crippen LogP contribution in [0.5, 0.6) is 5.75 Å². The lowest BCUT2D eigenvalue weighted by atomic mass is 9.58. The minimum atomic E-state index is -3.08. The highest BCUT2D eigenvalue weighted by molar-refractivity contribution is 6.99. The summed E-state index contributed by atoms with van der Waals surface area (Å²) in [6.45, 7) is 10.6. The monoisotopic (exact) mass is 860 g/mol. The van der Waals surface area contributed by atoms with Gasteiger partial charge in [-0.05, 0) is 142 Å². The lowest BCUT2D eigenvalue weighted by molar-refractivity contribution is -0.122. The zero-order chi connectivity index (χ0) is 44.6. The SMILES string of the molecule is Cc1cc(/C=C(/CC[C@H]2OB(O)C[C@H]3C2=C(CO[Si](c2ccccc2)(c2ccccc2)C(C)(C)C)C[C@H]2C(=O)N(c4cccc(B(O)O)c4)C(=O)[C@H]23)c2ccccn2)cc(C)c1O. The van der Waals surface area contributed by atoms with Gasteiger partial charge in [-0.3, -0.25) is 19.5 Å². The number of aromatic nitrogens is 1. The van der Waals surface area contributed by atoms with E-state index in [-0.39, 0.29) is 53.1 Å². The van der Waals surface area contributed by atoms with Crippen molar-refractivity contribution in [2.75, 3.05) is 11.5 Å². The normalized spacial score (nSPS) is 20.5. The van der Waals surface area contributed by atoms with Crippen LogP contribution in [-0.2, 0) is 18.7 Å². The van der Waals surface area contributed by atoms with Gasteiger partial charge in [0.15, 0.2) is 0 Å². The van der Waals surface area contributed by atoms with Gasteiger partial charge >= 0.3 is 14.2 Å². The number of anilines is 1. The van der Waals surface area contributed by atoms with Crippen LogP contribution in [0.4, 0.5) is 5.69 Å². The predicted octanol–water partition coefficient (Wildman–Crippen LogP) is 5.98. The van der Waals surface area contributed by atoms with E-state index in [0.717, 1.165) is 49.5 Å². The third-order valence-corrected chi connectivity index (χ3v) is 18.1. The molecule has 0 unspecified atom stereocenters. The van der Waals surface area contributed by atoms with E-state index in [4.69, 9.17) is 14.1 Å². The molecule has 10 nitrogen and oxygen atoms in total. The number of aromatic hydroxyl groups is 1. The second-order valence-electron chi connectivity index (χ2n) is 18.2. The number of carbonyl (C=O) groups is 2. The predicted molar refractivity (Wildman–Crippen MR) is 251 cm³/mol. The first-order chi connectivity index (χ1) is 30.2. The standard InChI is InChI=1S/C50H54B2N2O8Si/c1-32-25-34(26-33(2)47(32)55)27-35(43-21-12-13-24-53-43)22-23-44-45-36(31-61-63(50(3,4)5,39-17-8-6-9-18-39)40-19-10-7-11-20-40)28-41-46(42(45)30-51(58)62-44)49(57)54(48(41)56)38-16-14-15-37(29-38)52(59)60/h6-21,24-27,29,41-42,44,46,55,58-60H,22-23,28,30-31H2,1-5H3/b35-27-/t41-,42+,44-,46-/m1/s1. The summed E-state index contributed by atoms with van der Waals surface area (Å²) < 4.78 is 14.1. The quantitative estimate of drug-likeness (QED) is 0.0676. The zero-order valence-electron chi connectivity index (χ0n) is 36.4. The molecule has 0 radical (unpaired) electrons. The molecule has 2 fully saturated rings. The Morgan fingerprint density at radius 3 is 2.14 bits per heavy atom. The highest BCUT2D eigenvalue weighted by Gasteiger charge is 2.58. The fraction of sp³-hybridized carbons (Fsp3) is 0.300. The zero-order valence-corrected chi connectivity index (χ0v) is 37.4. The first kappa shape index (κ1) is 44.2. The van der Waals surface area contributed by atoms with Crippen LogP contribution < -0.4 is 20.7 Å². The Morgan fingerprint density at radius 1 is 0.889 bits per heavy atom. The number of phenols is 1. The van der Waals surface area contributed by atoms with Crippen LogP contribution in [0.2, 0.25) is 11.4 Å². The van der Waals surface area contributed by atoms with E-state index in [1.165, 1.54) is 17.0 Å². The average molecular weight is 861 g/mol. The van der Waals surface area contributed by atoms with Crippen LogP contribution in [-0.4, -0.2) is 72.2 Å². The van der Waals surface area contributed by atoms with Crippen LogP contribution in [0.25, 0.3) is 11.6 Å². The van der Waals surface area contributed by atoms with E-state index in [0.29, 0.717) is 12.8 Å². The maximum absolute atomic E-state index is 14.7. The Hall–Kier alpha value is -5.40. The van der Waals surface area contributed by atoms with Crippen LogP contribution in [0.1, 0.15) is 62.4 Å². The molecule has 3 aliphatic rings. The van der Waals surface area contributed by atoms with Gasteiger partial charge in [-0.25, -0.2) is 0 Å². The number of pyridine rings is 1. The van der Waals surface area contributed by atoms with E-state index in [1.54, 1.807) is 18.3 Å². The van der Waals surface area contributed by atoms with Crippen molar-refractivity contribution in [1.29, 1.82) is 0 Å². The smallest absolute Gasteiger partial charge is 0.488 e. The molecule has 2 aliphatic heterocycles. The van der Waals surface area contributed by atoms with Crippen LogP contribution in [0, 0.1) is 31.6 Å². The number of rotatable bonds is 12. The van der Waals surface area contributed by atoms with Crippen LogP contribution in [0.3, 0.4) is 0 Å². The van der Waals surface area contributed by atoms with Gasteiger partial charge in [-0.1, -0.05) is 99.6 Å². The van der Waals surface area contributed by atoms with Gasteiger partial charge in [0.25, 0.3) is 8.32 Å². The van der Waals surface area contributed by atoms with Gasteiger partial charge in [0, 0.05) is 6.20 Å².